The smallest absolute Gasteiger partial charge is 0.167 e. The minimum atomic E-state index is -0.937. The molecule has 0 aliphatic rings. The van der Waals surface area contributed by atoms with Gasteiger partial charge in [0.05, 0.1) is 5.56 Å². The predicted octanol–water partition coefficient (Wildman–Crippen LogP) is 7.27. The fraction of sp³-hybridized carbons (Fsp3) is 0.0714. The van der Waals surface area contributed by atoms with Crippen LogP contribution in [0, 0.1) is 24.4 Å². The van der Waals surface area contributed by atoms with Gasteiger partial charge in [0.2, 0.25) is 0 Å². The van der Waals surface area contributed by atoms with Gasteiger partial charge in [-0.15, -0.1) is 0 Å². The monoisotopic (exact) mass is 458 g/mol. The number of hydrogen-bond acceptors (Lipinski definition) is 3. The first-order valence-electron chi connectivity index (χ1n) is 10.5. The number of benzene rings is 3. The molecule has 4 aromatic rings. The summed E-state index contributed by atoms with van der Waals surface area (Å²) in [6.07, 6.45) is 7.54. The number of halogens is 3. The fourth-order valence-electron chi connectivity index (χ4n) is 3.32. The molecule has 0 atom stereocenters. The van der Waals surface area contributed by atoms with Crippen LogP contribution in [0.5, 0.6) is 5.75 Å². The normalized spacial score (nSPS) is 11.1. The lowest BCUT2D eigenvalue weighted by atomic mass is 10.0. The third kappa shape index (κ3) is 5.07. The number of hydrogen-bond donors (Lipinski definition) is 0. The fourth-order valence-corrected chi connectivity index (χ4v) is 3.32. The molecule has 0 aliphatic carbocycles. The highest BCUT2D eigenvalue weighted by Crippen LogP contribution is 2.28. The van der Waals surface area contributed by atoms with E-state index in [1.807, 2.05) is 19.1 Å². The maximum Gasteiger partial charge on any atom is 0.167 e. The molecule has 0 bridgehead atoms. The molecule has 0 saturated carbocycles. The Kier molecular flexibility index (Phi) is 6.87. The molecule has 3 nitrogen and oxygen atoms in total. The van der Waals surface area contributed by atoms with Crippen molar-refractivity contribution in [1.82, 2.24) is 9.97 Å². The third-order valence-electron chi connectivity index (χ3n) is 5.15. The van der Waals surface area contributed by atoms with Crippen molar-refractivity contribution in [2.24, 2.45) is 0 Å². The molecule has 1 heterocycles. The van der Waals surface area contributed by atoms with Gasteiger partial charge in [-0.3, -0.25) is 0 Å². The van der Waals surface area contributed by atoms with Crippen LogP contribution in [0.3, 0.4) is 0 Å². The first kappa shape index (κ1) is 23.0. The Balaban J connectivity index is 1.52. The van der Waals surface area contributed by atoms with Crippen LogP contribution in [0.4, 0.5) is 13.2 Å². The van der Waals surface area contributed by atoms with Gasteiger partial charge >= 0.3 is 0 Å². The van der Waals surface area contributed by atoms with E-state index in [9.17, 15) is 13.2 Å². The molecule has 0 N–H and O–H groups in total. The van der Waals surface area contributed by atoms with Gasteiger partial charge in [-0.2, -0.15) is 0 Å². The second-order valence-electron chi connectivity index (χ2n) is 7.61. The van der Waals surface area contributed by atoms with Crippen LogP contribution in [-0.2, 0) is 0 Å². The van der Waals surface area contributed by atoms with Gasteiger partial charge in [-0.25, -0.2) is 23.1 Å². The Morgan fingerprint density at radius 3 is 2.24 bits per heavy atom. The first-order chi connectivity index (χ1) is 16.5. The van der Waals surface area contributed by atoms with E-state index in [4.69, 9.17) is 4.74 Å². The Labute approximate surface area is 195 Å². The van der Waals surface area contributed by atoms with Crippen LogP contribution < -0.4 is 4.74 Å². The molecular formula is C28H21F3N2O. The molecule has 170 valence electrons. The second-order valence-corrected chi connectivity index (χ2v) is 7.61. The minimum Gasteiger partial charge on any atom is -0.489 e. The number of ether oxygens (including phenoxy) is 1. The molecule has 0 fully saturated rings. The largest absolute Gasteiger partial charge is 0.489 e. The highest BCUT2D eigenvalue weighted by molar-refractivity contribution is 5.73. The summed E-state index contributed by atoms with van der Waals surface area (Å²) in [4.78, 5) is 8.38. The second kappa shape index (κ2) is 10.2. The molecule has 6 heteroatoms. The van der Waals surface area contributed by atoms with Gasteiger partial charge in [0.1, 0.15) is 18.2 Å². The lowest BCUT2D eigenvalue weighted by molar-refractivity contribution is 0.361. The number of aryl methyl sites for hydroxylation is 1. The average Bonchev–Trinajstić information content (AvgIpc) is 2.85. The van der Waals surface area contributed by atoms with Gasteiger partial charge in [0.15, 0.2) is 17.5 Å². The van der Waals surface area contributed by atoms with Gasteiger partial charge in [-0.1, -0.05) is 66.8 Å². The maximum atomic E-state index is 14.7. The zero-order chi connectivity index (χ0) is 24.1. The van der Waals surface area contributed by atoms with E-state index < -0.39 is 17.5 Å². The summed E-state index contributed by atoms with van der Waals surface area (Å²) in [5, 5.41) is 0. The Morgan fingerprint density at radius 2 is 1.56 bits per heavy atom. The van der Waals surface area contributed by atoms with Gasteiger partial charge in [0, 0.05) is 35.2 Å². The van der Waals surface area contributed by atoms with Crippen molar-refractivity contribution in [1.29, 1.82) is 0 Å². The quantitative estimate of drug-likeness (QED) is 0.273. The van der Waals surface area contributed by atoms with Crippen molar-refractivity contribution in [3.05, 3.63) is 114 Å². The van der Waals surface area contributed by atoms with Gasteiger partial charge < -0.3 is 4.74 Å². The minimum absolute atomic E-state index is 0.0959. The lowest BCUT2D eigenvalue weighted by Gasteiger charge is -2.07. The highest BCUT2D eigenvalue weighted by Gasteiger charge is 2.14. The molecule has 4 rings (SSSR count). The van der Waals surface area contributed by atoms with Crippen molar-refractivity contribution in [3.8, 4) is 28.3 Å². The van der Waals surface area contributed by atoms with Crippen LogP contribution in [0.25, 0.3) is 34.7 Å². The van der Waals surface area contributed by atoms with Crippen LogP contribution >= 0.6 is 0 Å². The van der Waals surface area contributed by atoms with E-state index in [2.05, 4.69) is 16.5 Å². The lowest BCUT2D eigenvalue weighted by Crippen LogP contribution is -1.96. The third-order valence-corrected chi connectivity index (χ3v) is 5.15. The van der Waals surface area contributed by atoms with Crippen LogP contribution in [0.2, 0.25) is 0 Å². The zero-order valence-corrected chi connectivity index (χ0v) is 18.4. The molecule has 0 radical (unpaired) electrons. The molecule has 0 amide bonds. The molecule has 1 aromatic heterocycles. The van der Waals surface area contributed by atoms with Crippen molar-refractivity contribution in [3.63, 3.8) is 0 Å². The number of nitrogens with zero attached hydrogens (tertiary/aromatic N) is 2. The van der Waals surface area contributed by atoms with E-state index in [0.717, 1.165) is 5.56 Å². The van der Waals surface area contributed by atoms with E-state index >= 15 is 0 Å². The molecule has 3 aromatic carbocycles. The topological polar surface area (TPSA) is 35.0 Å². The summed E-state index contributed by atoms with van der Waals surface area (Å²) >= 11 is 0. The van der Waals surface area contributed by atoms with Crippen LogP contribution in [0.15, 0.2) is 79.6 Å². The summed E-state index contributed by atoms with van der Waals surface area (Å²) < 4.78 is 49.0. The number of rotatable bonds is 7. The van der Waals surface area contributed by atoms with E-state index in [1.165, 1.54) is 36.7 Å². The average molecular weight is 458 g/mol. The van der Waals surface area contributed by atoms with Crippen LogP contribution in [-0.4, -0.2) is 16.6 Å². The van der Waals surface area contributed by atoms with E-state index in [-0.39, 0.29) is 29.1 Å². The summed E-state index contributed by atoms with van der Waals surface area (Å²) in [7, 11) is 0. The summed E-state index contributed by atoms with van der Waals surface area (Å²) in [5.74, 6) is -1.79. The summed E-state index contributed by atoms with van der Waals surface area (Å²) in [6, 6.07) is 14.7. The van der Waals surface area contributed by atoms with Gasteiger partial charge in [-0.05, 0) is 24.6 Å². The van der Waals surface area contributed by atoms with Crippen molar-refractivity contribution < 1.29 is 17.9 Å². The van der Waals surface area contributed by atoms with E-state index in [0.29, 0.717) is 16.9 Å². The zero-order valence-electron chi connectivity index (χ0n) is 18.4. The maximum absolute atomic E-state index is 14.7. The molecule has 34 heavy (non-hydrogen) atoms. The summed E-state index contributed by atoms with van der Waals surface area (Å²) in [6.45, 7) is 5.75. The molecule has 0 unspecified atom stereocenters. The predicted molar refractivity (Wildman–Crippen MR) is 129 cm³/mol. The van der Waals surface area contributed by atoms with Crippen molar-refractivity contribution >= 4 is 12.2 Å². The SMILES string of the molecule is C=CCOc1ccc(-c2ncc(/C=C/c3ccc(-c4ccc(C)cc4)c(F)c3F)cn2)c(F)c1. The van der Waals surface area contributed by atoms with Crippen molar-refractivity contribution in [2.75, 3.05) is 6.61 Å². The number of aromatic nitrogens is 2. The Bertz CT molecular complexity index is 1350. The molecule has 0 spiro atoms. The Hall–Kier alpha value is -4.19. The standard InChI is InChI=1S/C28H21F3N2O/c1-3-14-34-22-11-13-24(25(29)15-22)28-32-16-19(17-33-28)6-9-21-10-12-23(27(31)26(21)30)20-7-4-18(2)5-8-20/h3-13,15-17H,1,14H2,2H3/b9-6+. The Morgan fingerprint density at radius 1 is 0.853 bits per heavy atom. The first-order valence-corrected chi connectivity index (χ1v) is 10.5. The van der Waals surface area contributed by atoms with E-state index in [1.54, 1.807) is 36.4 Å². The van der Waals surface area contributed by atoms with Crippen LogP contribution in [0.1, 0.15) is 16.7 Å². The molecule has 0 aliphatic heterocycles. The molecular weight excluding hydrogens is 437 g/mol. The highest BCUT2D eigenvalue weighted by atomic mass is 19.2. The molecule has 0 saturated heterocycles. The van der Waals surface area contributed by atoms with Gasteiger partial charge in [0.25, 0.3) is 0 Å². The van der Waals surface area contributed by atoms with Crippen molar-refractivity contribution in [2.45, 2.75) is 6.92 Å². The summed E-state index contributed by atoms with van der Waals surface area (Å²) in [5.41, 5.74) is 2.71.